The topological polar surface area (TPSA) is 29.1 Å². The van der Waals surface area contributed by atoms with Gasteiger partial charge in [0.05, 0.1) is 0 Å². The molecule has 0 unspecified atom stereocenters. The van der Waals surface area contributed by atoms with Gasteiger partial charge < -0.3 is 5.32 Å². The highest BCUT2D eigenvalue weighted by Crippen LogP contribution is 2.18. The molecule has 0 aliphatic heterocycles. The van der Waals surface area contributed by atoms with Gasteiger partial charge in [-0.15, -0.1) is 0 Å². The van der Waals surface area contributed by atoms with Crippen LogP contribution in [-0.4, -0.2) is 18.4 Å². The molecule has 0 aromatic heterocycles. The maximum absolute atomic E-state index is 12.8. The van der Waals surface area contributed by atoms with E-state index in [0.717, 1.165) is 0 Å². The molecule has 17 heavy (non-hydrogen) atoms. The number of hydrogen-bond acceptors (Lipinski definition) is 2. The molecule has 4 heteroatoms. The summed E-state index contributed by atoms with van der Waals surface area (Å²) in [6, 6.07) is 4.49. The van der Waals surface area contributed by atoms with E-state index in [0.29, 0.717) is 29.6 Å². The van der Waals surface area contributed by atoms with Crippen LogP contribution in [-0.2, 0) is 11.2 Å². The number of hydrogen-bond donors (Lipinski definition) is 1. The molecule has 94 valence electrons. The Morgan fingerprint density at radius 2 is 2.18 bits per heavy atom. The minimum absolute atomic E-state index is 0.103. The van der Waals surface area contributed by atoms with Crippen LogP contribution in [0.15, 0.2) is 18.2 Å². The largest absolute Gasteiger partial charge is 0.314 e. The van der Waals surface area contributed by atoms with Gasteiger partial charge in [-0.05, 0) is 17.7 Å². The fourth-order valence-electron chi connectivity index (χ4n) is 1.47. The molecule has 0 fully saturated rings. The Kier molecular flexibility index (Phi) is 5.59. The summed E-state index contributed by atoms with van der Waals surface area (Å²) >= 11 is 5.85. The predicted molar refractivity (Wildman–Crippen MR) is 67.9 cm³/mol. The maximum atomic E-state index is 12.8. The van der Waals surface area contributed by atoms with Crippen LogP contribution in [0.5, 0.6) is 0 Å². The molecule has 0 atom stereocenters. The molecule has 0 saturated heterocycles. The summed E-state index contributed by atoms with van der Waals surface area (Å²) in [7, 11) is 0. The first-order chi connectivity index (χ1) is 7.99. The van der Waals surface area contributed by atoms with Gasteiger partial charge in [0.25, 0.3) is 0 Å². The summed E-state index contributed by atoms with van der Waals surface area (Å²) in [6.07, 6.45) is 0.727. The molecule has 2 nitrogen and oxygen atoms in total. The minimum Gasteiger partial charge on any atom is -0.314 e. The Morgan fingerprint density at radius 1 is 1.47 bits per heavy atom. The lowest BCUT2D eigenvalue weighted by Crippen LogP contribution is -2.25. The van der Waals surface area contributed by atoms with E-state index in [9.17, 15) is 9.18 Å². The second-order valence-electron chi connectivity index (χ2n) is 4.31. The fraction of sp³-hybridized carbons (Fsp3) is 0.462. The first-order valence-electron chi connectivity index (χ1n) is 5.68. The van der Waals surface area contributed by atoms with Crippen molar-refractivity contribution < 1.29 is 9.18 Å². The lowest BCUT2D eigenvalue weighted by atomic mass is 10.1. The molecule has 0 bridgehead atoms. The van der Waals surface area contributed by atoms with Crippen molar-refractivity contribution in [1.82, 2.24) is 5.32 Å². The molecular formula is C13H17ClFNO. The van der Waals surface area contributed by atoms with E-state index < -0.39 is 0 Å². The standard InChI is InChI=1S/C13H17ClFNO/c1-9(2)16-6-5-12(17)7-10-3-4-11(15)8-13(10)14/h3-4,8-9,16H,5-7H2,1-2H3. The van der Waals surface area contributed by atoms with Gasteiger partial charge in [0.2, 0.25) is 0 Å². The molecule has 1 aromatic rings. The third-order valence-electron chi connectivity index (χ3n) is 2.36. The van der Waals surface area contributed by atoms with E-state index in [2.05, 4.69) is 5.32 Å². The molecule has 0 radical (unpaired) electrons. The zero-order valence-electron chi connectivity index (χ0n) is 10.1. The van der Waals surface area contributed by atoms with E-state index in [1.807, 2.05) is 13.8 Å². The van der Waals surface area contributed by atoms with E-state index >= 15 is 0 Å². The van der Waals surface area contributed by atoms with Gasteiger partial charge >= 0.3 is 0 Å². The Balaban J connectivity index is 2.45. The Labute approximate surface area is 106 Å². The summed E-state index contributed by atoms with van der Waals surface area (Å²) in [5, 5.41) is 3.49. The zero-order valence-corrected chi connectivity index (χ0v) is 10.9. The van der Waals surface area contributed by atoms with Gasteiger partial charge in [-0.1, -0.05) is 31.5 Å². The summed E-state index contributed by atoms with van der Waals surface area (Å²) in [5.41, 5.74) is 0.683. The average molecular weight is 258 g/mol. The van der Waals surface area contributed by atoms with Crippen molar-refractivity contribution in [3.8, 4) is 0 Å². The van der Waals surface area contributed by atoms with Crippen molar-refractivity contribution in [2.24, 2.45) is 0 Å². The van der Waals surface area contributed by atoms with Gasteiger partial charge in [-0.25, -0.2) is 4.39 Å². The molecule has 1 N–H and O–H groups in total. The van der Waals surface area contributed by atoms with Gasteiger partial charge in [0.15, 0.2) is 0 Å². The number of benzene rings is 1. The van der Waals surface area contributed by atoms with Crippen molar-refractivity contribution in [1.29, 1.82) is 0 Å². The van der Waals surface area contributed by atoms with Crippen LogP contribution in [0.3, 0.4) is 0 Å². The smallest absolute Gasteiger partial charge is 0.138 e. The summed E-state index contributed by atoms with van der Waals surface area (Å²) < 4.78 is 12.8. The van der Waals surface area contributed by atoms with Crippen molar-refractivity contribution in [2.75, 3.05) is 6.54 Å². The van der Waals surface area contributed by atoms with E-state index in [1.54, 1.807) is 6.07 Å². The predicted octanol–water partition coefficient (Wildman–Crippen LogP) is 2.98. The first-order valence-corrected chi connectivity index (χ1v) is 6.06. The van der Waals surface area contributed by atoms with Crippen LogP contribution in [0.4, 0.5) is 4.39 Å². The van der Waals surface area contributed by atoms with Crippen molar-refractivity contribution in [2.45, 2.75) is 32.7 Å². The number of rotatable bonds is 6. The fourth-order valence-corrected chi connectivity index (χ4v) is 1.70. The van der Waals surface area contributed by atoms with Crippen molar-refractivity contribution >= 4 is 17.4 Å². The first kappa shape index (κ1) is 14.1. The van der Waals surface area contributed by atoms with Crippen LogP contribution in [0.25, 0.3) is 0 Å². The lowest BCUT2D eigenvalue weighted by molar-refractivity contribution is -0.118. The Morgan fingerprint density at radius 3 is 2.76 bits per heavy atom. The highest BCUT2D eigenvalue weighted by atomic mass is 35.5. The average Bonchev–Trinajstić information content (AvgIpc) is 2.21. The molecule has 0 amide bonds. The molecule has 0 saturated carbocycles. The van der Waals surface area contributed by atoms with Crippen molar-refractivity contribution in [3.63, 3.8) is 0 Å². The van der Waals surface area contributed by atoms with Gasteiger partial charge in [0.1, 0.15) is 11.6 Å². The second kappa shape index (κ2) is 6.72. The molecule has 0 aliphatic carbocycles. The SMILES string of the molecule is CC(C)NCCC(=O)Cc1ccc(F)cc1Cl. The normalized spacial score (nSPS) is 10.9. The minimum atomic E-state index is -0.382. The molecular weight excluding hydrogens is 241 g/mol. The maximum Gasteiger partial charge on any atom is 0.138 e. The summed E-state index contributed by atoms with van der Waals surface area (Å²) in [4.78, 5) is 11.6. The van der Waals surface area contributed by atoms with Crippen LogP contribution < -0.4 is 5.32 Å². The van der Waals surface area contributed by atoms with Crippen LogP contribution in [0, 0.1) is 5.82 Å². The molecule has 0 spiro atoms. The zero-order chi connectivity index (χ0) is 12.8. The molecule has 0 aliphatic rings. The quantitative estimate of drug-likeness (QED) is 0.849. The van der Waals surface area contributed by atoms with Crippen LogP contribution >= 0.6 is 11.6 Å². The monoisotopic (exact) mass is 257 g/mol. The summed E-state index contributed by atoms with van der Waals surface area (Å²) in [6.45, 7) is 4.72. The number of ketones is 1. The van der Waals surface area contributed by atoms with E-state index in [1.165, 1.54) is 12.1 Å². The van der Waals surface area contributed by atoms with Crippen molar-refractivity contribution in [3.05, 3.63) is 34.6 Å². The number of halogens is 2. The van der Waals surface area contributed by atoms with Crippen LogP contribution in [0.1, 0.15) is 25.8 Å². The highest BCUT2D eigenvalue weighted by Gasteiger charge is 2.08. The van der Waals surface area contributed by atoms with E-state index in [-0.39, 0.29) is 18.0 Å². The number of Topliss-reactive ketones (excluding diaryl/α,β-unsaturated/α-hetero) is 1. The lowest BCUT2D eigenvalue weighted by Gasteiger charge is -2.07. The van der Waals surface area contributed by atoms with Gasteiger partial charge in [-0.2, -0.15) is 0 Å². The second-order valence-corrected chi connectivity index (χ2v) is 4.72. The number of nitrogens with one attached hydrogen (secondary N) is 1. The van der Waals surface area contributed by atoms with Gasteiger partial charge in [0, 0.05) is 30.5 Å². The molecule has 1 aromatic carbocycles. The third-order valence-corrected chi connectivity index (χ3v) is 2.71. The summed E-state index contributed by atoms with van der Waals surface area (Å²) in [5.74, 6) is -0.278. The Hall–Kier alpha value is -0.930. The Bertz CT molecular complexity index is 393. The number of carbonyl (C=O) groups is 1. The molecule has 1 rings (SSSR count). The van der Waals surface area contributed by atoms with Crippen LogP contribution in [0.2, 0.25) is 5.02 Å². The molecule has 0 heterocycles. The highest BCUT2D eigenvalue weighted by molar-refractivity contribution is 6.31. The van der Waals surface area contributed by atoms with Gasteiger partial charge in [-0.3, -0.25) is 4.79 Å². The number of carbonyl (C=O) groups excluding carboxylic acids is 1. The van der Waals surface area contributed by atoms with E-state index in [4.69, 9.17) is 11.6 Å². The third kappa shape index (κ3) is 5.29.